The van der Waals surface area contributed by atoms with Crippen LogP contribution in [0.2, 0.25) is 0 Å². The van der Waals surface area contributed by atoms with E-state index in [-0.39, 0.29) is 380 Å². The van der Waals surface area contributed by atoms with E-state index in [1.54, 1.807) is 0 Å². The number of aliphatic hydroxyl groups is 16. The Bertz CT molecular complexity index is 3000. The van der Waals surface area contributed by atoms with Crippen molar-refractivity contribution in [3.05, 3.63) is 0 Å². The number of ether oxygens (including phenoxy) is 16. The number of hydrogen-bond acceptors (Lipinski definition) is 56. The van der Waals surface area contributed by atoms with Gasteiger partial charge in [-0.15, -0.1) is 0 Å². The third-order valence-corrected chi connectivity index (χ3v) is 32.2. The molecule has 0 aliphatic carbocycles. The maximum absolute atomic E-state index is 12.4. The van der Waals surface area contributed by atoms with Crippen LogP contribution in [0.5, 0.6) is 0 Å². The van der Waals surface area contributed by atoms with E-state index >= 15 is 0 Å². The summed E-state index contributed by atoms with van der Waals surface area (Å²) in [5.74, 6) is -13.6. The summed E-state index contributed by atoms with van der Waals surface area (Å²) in [6.45, 7) is 0. The molecule has 0 spiro atoms. The molecule has 0 unspecified atom stereocenters. The minimum absolute atomic E-state index is 0. The monoisotopic (exact) mass is 2290 g/mol. The predicted molar refractivity (Wildman–Crippen MR) is 457 cm³/mol. The van der Waals surface area contributed by atoms with Crippen LogP contribution in [-0.4, -0.2) is 467 Å². The zero-order valence-corrected chi connectivity index (χ0v) is 104. The number of carboxylic acids is 8. The quantitative estimate of drug-likeness (QED) is 0.0199. The molecular formula is C80H120Na8O48S8. The number of carboxylic acid groups (broad SMARTS) is 8. The Labute approximate surface area is 1040 Å². The second-order valence-electron chi connectivity index (χ2n) is 33.4. The molecular weight excluding hydrogens is 2170 g/mol. The van der Waals surface area contributed by atoms with Gasteiger partial charge in [0.25, 0.3) is 0 Å². The third kappa shape index (κ3) is 46.2. The predicted octanol–water partition coefficient (Wildman–Crippen LogP) is -39.2. The van der Waals surface area contributed by atoms with Crippen molar-refractivity contribution in [2.24, 2.45) is 0 Å². The molecule has 64 heteroatoms. The fourth-order valence-corrected chi connectivity index (χ4v) is 24.1. The van der Waals surface area contributed by atoms with Gasteiger partial charge in [0.15, 0.2) is 50.3 Å². The molecule has 30 fully saturated rings. The van der Waals surface area contributed by atoms with Crippen LogP contribution in [0.15, 0.2) is 0 Å². The van der Waals surface area contributed by atoms with Crippen molar-refractivity contribution in [3.63, 3.8) is 0 Å². The van der Waals surface area contributed by atoms with E-state index in [1.165, 1.54) is 0 Å². The second kappa shape index (κ2) is 76.3. The molecule has 30 rings (SSSR count). The first-order valence-corrected chi connectivity index (χ1v) is 53.6. The number of hydrogen-bond donors (Lipinski definition) is 16. The van der Waals surface area contributed by atoms with Gasteiger partial charge in [-0.1, -0.05) is 0 Å². The molecule has 40 atom stereocenters. The number of carbonyl (C=O) groups is 8. The number of aliphatic carboxylic acids is 8. The topological polar surface area (TPSA) is 792 Å². The molecule has 16 bridgehead atoms. The van der Waals surface area contributed by atoms with E-state index in [4.69, 9.17) is 75.8 Å². The first-order valence-electron chi connectivity index (χ1n) is 44.3. The van der Waals surface area contributed by atoms with E-state index < -0.39 is 345 Å². The number of aliphatic hydroxyl groups excluding tert-OH is 16. The molecule has 30 saturated heterocycles. The van der Waals surface area contributed by atoms with Gasteiger partial charge in [0, 0.05) is 93.8 Å². The van der Waals surface area contributed by atoms with Crippen molar-refractivity contribution in [2.45, 2.75) is 348 Å². The minimum atomic E-state index is -2.31. The summed E-state index contributed by atoms with van der Waals surface area (Å²) in [7, 11) is 0. The van der Waals surface area contributed by atoms with E-state index in [1.807, 2.05) is 0 Å². The summed E-state index contributed by atoms with van der Waals surface area (Å²) in [6.07, 6.45) is -84.9. The first-order chi connectivity index (χ1) is 64.7. The van der Waals surface area contributed by atoms with Gasteiger partial charge in [0.2, 0.25) is 0 Å². The summed E-state index contributed by atoms with van der Waals surface area (Å²) < 4.78 is 102. The van der Waals surface area contributed by atoms with Gasteiger partial charge in [-0.3, -0.25) is 0 Å². The standard InChI is InChI=1S/C80H128O48S8.8Na/c81-41(82)9-1-17-129-25-33-65-49(97)57(105)73(113-33)122-66-34(26-130-18-2-10-42(83)84)115-75(59(107)51(66)99)124-68-36(28-132-20-4-12-44(87)88)117-77(61(109)53(68)101)126-70-38(30-134-22-6-14-46(91)92)119-79(63(111)55(70)103)128-72-40(32-136-24-8-16-48(95)96)120-80(64(112)56(72)104)127-71-39(31-135-23-7-15-47(93)94)118-78(62(110)54(71)102)125-69-37(29-133-21-5-13-45(89)90)116-76(60(108)52(69)100)123-67-35(27-131-19-3-11-43(85)86)114-74(121-65)58(106)50(67)98;;;;;;;;/h33-40,49-80,97-112H,1-32H2,(H,81,82)(H,83,84)(H,85,86)(H,87,88)(H,89,90)(H,91,92)(H,93,94)(H,95,96);;;;;;;;/q;8*+1/p-8/t33-,34-,35-,36-,37-,38-,39-,40-,49-,50-,51-,52-,53-,54-,55-,56-,57-,58-,59-,60-,61-,62-,63-,64+,65-,66-,67-,68-,69-,70-,71-,72-,73-,74-,75-,76-,77-,78-,79-,80-;;;;;;;;/m0......../s1. The molecule has 48 nitrogen and oxygen atoms in total. The Kier molecular flexibility index (Phi) is 78.1. The van der Waals surface area contributed by atoms with Crippen LogP contribution >= 0.6 is 94.1 Å². The molecule has 30 heterocycles. The van der Waals surface area contributed by atoms with Gasteiger partial charge < -0.3 is 237 Å². The SMILES string of the molecule is O=C([O-])CCCSC[C@@H]1O[C@H]2O[C@@H]3[C@@H](O)[C@H](O)[C@H](O[C@@H]4[C@@H](O)[C@H](O)[C@H](O[C@@H]5[C@@H](O)[C@H](O)[C@H](O[C@@H]6[C@@H](O)[C@@H](O)[C@H](O[C@@H]7[C@@H](O)[C@H](O)[C@H](O[C@@H]8[C@@H](O)[C@H](O)[C@H](O[C@@H]9[C@@H](O)[C@H](O)[C@H](O[C@@H]1[C@@H](O)[C@@H]2O)O[C@H]9CSCCCC(=O)[O-])O[C@H]8CSCCCC(=O)[O-])O[C@H]7CSCCCC(=O)[O-])O[C@H]6CSCCCC(=O)[O-])O[C@H]5CSCCCC(=O)[O-])O[C@H]4CSCCCC(=O)[O-])O[C@H]3CSCCCC(=O)[O-].[Na+].[Na+].[Na+].[Na+].[Na+].[Na+].[Na+].[Na+]. The zero-order valence-electron chi connectivity index (χ0n) is 81.2. The molecule has 144 heavy (non-hydrogen) atoms. The second-order valence-corrected chi connectivity index (χ2v) is 42.6. The number of thioether (sulfide) groups is 8. The smallest absolute Gasteiger partial charge is 0.550 e. The summed E-state index contributed by atoms with van der Waals surface area (Å²) in [5, 5.41) is 290. The van der Waals surface area contributed by atoms with Crippen LogP contribution in [0.25, 0.3) is 0 Å². The molecule has 30 aliphatic rings. The maximum atomic E-state index is 12.4. The van der Waals surface area contributed by atoms with Crippen molar-refractivity contribution >= 4 is 142 Å². The van der Waals surface area contributed by atoms with Crippen LogP contribution in [-0.2, 0) is 114 Å². The molecule has 0 aromatic carbocycles. The Morgan fingerprint density at radius 2 is 0.250 bits per heavy atom. The van der Waals surface area contributed by atoms with E-state index in [9.17, 15) is 161 Å². The molecule has 16 N–H and O–H groups in total. The molecule has 0 amide bonds. The van der Waals surface area contributed by atoms with Gasteiger partial charge >= 0.3 is 236 Å². The number of carbonyl (C=O) groups excluding carboxylic acids is 8. The zero-order chi connectivity index (χ0) is 99.3. The van der Waals surface area contributed by atoms with E-state index in [2.05, 4.69) is 0 Å². The summed E-state index contributed by atoms with van der Waals surface area (Å²) in [5.41, 5.74) is 0. The molecule has 0 radical (unpaired) electrons. The fourth-order valence-electron chi connectivity index (χ4n) is 15.9. The van der Waals surface area contributed by atoms with Gasteiger partial charge in [-0.2, -0.15) is 94.1 Å². The van der Waals surface area contributed by atoms with Crippen molar-refractivity contribution in [2.75, 3.05) is 92.0 Å². The Hall–Kier alpha value is 5.28. The molecule has 0 aromatic heterocycles. The van der Waals surface area contributed by atoms with Gasteiger partial charge in [-0.05, 0) is 149 Å². The van der Waals surface area contributed by atoms with Crippen molar-refractivity contribution < 1.29 is 473 Å². The summed E-state index contributed by atoms with van der Waals surface area (Å²) in [6, 6.07) is 0. The summed E-state index contributed by atoms with van der Waals surface area (Å²) >= 11 is 7.94. The average molecular weight is 2290 g/mol. The van der Waals surface area contributed by atoms with Crippen LogP contribution in [0, 0.1) is 0 Å². The molecule has 0 aromatic rings. The largest absolute Gasteiger partial charge is 1.00 e. The van der Waals surface area contributed by atoms with E-state index in [0.717, 1.165) is 94.1 Å². The molecule has 30 aliphatic heterocycles. The summed E-state index contributed by atoms with van der Waals surface area (Å²) in [4.78, 5) is 92.5. The van der Waals surface area contributed by atoms with Gasteiger partial charge in [0.05, 0.1) is 48.8 Å². The maximum Gasteiger partial charge on any atom is 1.00 e. The Balaban J connectivity index is 0.0000130. The molecule has 0 saturated carbocycles. The average Bonchev–Trinajstić information content (AvgIpc) is 0.767. The number of rotatable bonds is 48. The van der Waals surface area contributed by atoms with Crippen LogP contribution in [0.3, 0.4) is 0 Å². The van der Waals surface area contributed by atoms with Crippen molar-refractivity contribution in [1.82, 2.24) is 0 Å². The van der Waals surface area contributed by atoms with Crippen LogP contribution in [0.1, 0.15) is 103 Å². The van der Waals surface area contributed by atoms with Gasteiger partial charge in [-0.25, -0.2) is 0 Å². The third-order valence-electron chi connectivity index (χ3n) is 23.1. The van der Waals surface area contributed by atoms with E-state index in [0.29, 0.717) is 0 Å². The van der Waals surface area contributed by atoms with Gasteiger partial charge in [0.1, 0.15) is 146 Å². The van der Waals surface area contributed by atoms with Crippen LogP contribution < -0.4 is 277 Å². The Morgan fingerprint density at radius 3 is 0.333 bits per heavy atom. The first kappa shape index (κ1) is 147. The van der Waals surface area contributed by atoms with Crippen molar-refractivity contribution in [1.29, 1.82) is 0 Å². The normalized spacial score (nSPS) is 37.6. The Morgan fingerprint density at radius 1 is 0.160 bits per heavy atom. The van der Waals surface area contributed by atoms with Crippen LogP contribution in [0.4, 0.5) is 0 Å². The van der Waals surface area contributed by atoms with Crippen molar-refractivity contribution in [3.8, 4) is 0 Å². The minimum Gasteiger partial charge on any atom is -0.550 e. The molecule has 784 valence electrons. The fraction of sp³-hybridized carbons (Fsp3) is 0.900.